The minimum Gasteiger partial charge on any atom is -0.309 e. The van der Waals surface area contributed by atoms with Crippen molar-refractivity contribution >= 4 is 29.7 Å². The third-order valence-corrected chi connectivity index (χ3v) is 6.64. The summed E-state index contributed by atoms with van der Waals surface area (Å²) in [5.41, 5.74) is 3.25. The van der Waals surface area contributed by atoms with Gasteiger partial charge >= 0.3 is 7.60 Å². The molecule has 2 aromatic carbocycles. The number of hydrogen-bond donors (Lipinski definition) is 0. The molecule has 0 bridgehead atoms. The predicted molar refractivity (Wildman–Crippen MR) is 102 cm³/mol. The van der Waals surface area contributed by atoms with Gasteiger partial charge in [-0.3, -0.25) is 4.57 Å². The number of thiophene rings is 1. The summed E-state index contributed by atoms with van der Waals surface area (Å²) in [5.74, 6) is 0. The van der Waals surface area contributed by atoms with Gasteiger partial charge in [-0.15, -0.1) is 0 Å². The SMILES string of the molecule is CCOP(=O)(Cc1cscc1-c1ccc2ccccc2c1)OCC. The summed E-state index contributed by atoms with van der Waals surface area (Å²) in [6.45, 7) is 4.44. The Balaban J connectivity index is 1.95. The first-order chi connectivity index (χ1) is 11.6. The van der Waals surface area contributed by atoms with Gasteiger partial charge in [-0.2, -0.15) is 11.3 Å². The summed E-state index contributed by atoms with van der Waals surface area (Å²) >= 11 is 1.61. The maximum atomic E-state index is 12.8. The first-order valence-electron chi connectivity index (χ1n) is 8.07. The quantitative estimate of drug-likeness (QED) is 0.462. The Morgan fingerprint density at radius 3 is 2.38 bits per heavy atom. The highest BCUT2D eigenvalue weighted by molar-refractivity contribution is 7.53. The van der Waals surface area contributed by atoms with Crippen LogP contribution in [0.5, 0.6) is 0 Å². The summed E-state index contributed by atoms with van der Waals surface area (Å²) in [5, 5.41) is 6.55. The molecule has 5 heteroatoms. The minimum absolute atomic E-state index is 0.306. The first-order valence-corrected chi connectivity index (χ1v) is 10.7. The molecule has 0 spiro atoms. The van der Waals surface area contributed by atoms with E-state index in [9.17, 15) is 4.57 Å². The van der Waals surface area contributed by atoms with Gasteiger partial charge in [-0.05, 0) is 58.1 Å². The zero-order valence-corrected chi connectivity index (χ0v) is 15.6. The lowest BCUT2D eigenvalue weighted by Crippen LogP contribution is -1.99. The van der Waals surface area contributed by atoms with Crippen LogP contribution in [0.3, 0.4) is 0 Å². The maximum absolute atomic E-state index is 12.8. The highest BCUT2D eigenvalue weighted by Gasteiger charge is 2.26. The normalized spacial score (nSPS) is 11.9. The van der Waals surface area contributed by atoms with Crippen molar-refractivity contribution < 1.29 is 13.6 Å². The topological polar surface area (TPSA) is 35.5 Å². The molecule has 24 heavy (non-hydrogen) atoms. The van der Waals surface area contributed by atoms with Crippen LogP contribution in [0.25, 0.3) is 21.9 Å². The molecule has 3 nitrogen and oxygen atoms in total. The van der Waals surface area contributed by atoms with E-state index in [0.717, 1.165) is 16.7 Å². The van der Waals surface area contributed by atoms with Crippen molar-refractivity contribution in [2.45, 2.75) is 20.0 Å². The van der Waals surface area contributed by atoms with Crippen LogP contribution in [0, 0.1) is 0 Å². The van der Waals surface area contributed by atoms with Crippen LogP contribution >= 0.6 is 18.9 Å². The molecule has 0 atom stereocenters. The molecule has 1 aromatic heterocycles. The van der Waals surface area contributed by atoms with Crippen LogP contribution in [0.2, 0.25) is 0 Å². The molecule has 0 amide bonds. The molecule has 0 saturated carbocycles. The zero-order chi connectivity index (χ0) is 17.0. The van der Waals surface area contributed by atoms with E-state index >= 15 is 0 Å². The van der Waals surface area contributed by atoms with Crippen LogP contribution in [0.4, 0.5) is 0 Å². The van der Waals surface area contributed by atoms with Crippen molar-refractivity contribution in [1.82, 2.24) is 0 Å². The van der Waals surface area contributed by atoms with Crippen molar-refractivity contribution in [3.05, 3.63) is 58.8 Å². The average molecular weight is 360 g/mol. The van der Waals surface area contributed by atoms with E-state index in [1.54, 1.807) is 11.3 Å². The number of rotatable bonds is 7. The molecule has 3 rings (SSSR count). The molecule has 0 N–H and O–H groups in total. The van der Waals surface area contributed by atoms with Gasteiger partial charge in [0, 0.05) is 0 Å². The molecular weight excluding hydrogens is 339 g/mol. The second-order valence-electron chi connectivity index (χ2n) is 5.48. The third-order valence-electron chi connectivity index (χ3n) is 3.82. The van der Waals surface area contributed by atoms with E-state index in [0.29, 0.717) is 19.4 Å². The van der Waals surface area contributed by atoms with Crippen LogP contribution in [-0.4, -0.2) is 13.2 Å². The molecule has 0 fully saturated rings. The van der Waals surface area contributed by atoms with Crippen LogP contribution < -0.4 is 0 Å². The van der Waals surface area contributed by atoms with E-state index < -0.39 is 7.60 Å². The van der Waals surface area contributed by atoms with Crippen molar-refractivity contribution in [3.8, 4) is 11.1 Å². The van der Waals surface area contributed by atoms with Gasteiger partial charge in [0.2, 0.25) is 0 Å². The predicted octanol–water partition coefficient (Wildman–Crippen LogP) is 6.33. The summed E-state index contributed by atoms with van der Waals surface area (Å²) < 4.78 is 23.7. The average Bonchev–Trinajstić information content (AvgIpc) is 3.02. The van der Waals surface area contributed by atoms with Gasteiger partial charge in [0.05, 0.1) is 19.4 Å². The van der Waals surface area contributed by atoms with Gasteiger partial charge in [-0.25, -0.2) is 0 Å². The Morgan fingerprint density at radius 2 is 1.67 bits per heavy atom. The molecule has 0 radical (unpaired) electrons. The van der Waals surface area contributed by atoms with Crippen molar-refractivity contribution in [2.24, 2.45) is 0 Å². The molecular formula is C19H21O3PS. The van der Waals surface area contributed by atoms with Crippen LogP contribution in [0.1, 0.15) is 19.4 Å². The first kappa shape index (κ1) is 17.4. The molecule has 3 aromatic rings. The lowest BCUT2D eigenvalue weighted by atomic mass is 10.0. The van der Waals surface area contributed by atoms with Crippen molar-refractivity contribution in [3.63, 3.8) is 0 Å². The second kappa shape index (κ2) is 7.62. The Kier molecular flexibility index (Phi) is 5.52. The fourth-order valence-corrected chi connectivity index (χ4v) is 5.50. The Bertz CT molecular complexity index is 862. The molecule has 0 aliphatic heterocycles. The molecule has 0 aliphatic rings. The monoisotopic (exact) mass is 360 g/mol. The molecule has 0 saturated heterocycles. The summed E-state index contributed by atoms with van der Waals surface area (Å²) in [7, 11) is -3.10. The number of fused-ring (bicyclic) bond motifs is 1. The third kappa shape index (κ3) is 3.79. The van der Waals surface area contributed by atoms with Gasteiger partial charge in [0.25, 0.3) is 0 Å². The standard InChI is InChI=1S/C19H21O3PS/c1-3-21-23(20,22-4-2)12-18-13-24-14-19(18)17-10-9-15-7-5-6-8-16(15)11-17/h5-11,13-14H,3-4,12H2,1-2H3. The van der Waals surface area contributed by atoms with Gasteiger partial charge in [0.1, 0.15) is 0 Å². The van der Waals surface area contributed by atoms with E-state index in [-0.39, 0.29) is 0 Å². The van der Waals surface area contributed by atoms with E-state index in [1.807, 2.05) is 31.4 Å². The number of hydrogen-bond acceptors (Lipinski definition) is 4. The van der Waals surface area contributed by atoms with E-state index in [1.165, 1.54) is 10.8 Å². The largest absolute Gasteiger partial charge is 0.335 e. The van der Waals surface area contributed by atoms with Crippen LogP contribution in [-0.2, 0) is 19.8 Å². The van der Waals surface area contributed by atoms with Crippen molar-refractivity contribution in [1.29, 1.82) is 0 Å². The molecule has 0 unspecified atom stereocenters. The summed E-state index contributed by atoms with van der Waals surface area (Å²) in [6, 6.07) is 14.7. The Hall–Kier alpha value is -1.45. The molecule has 0 aliphatic carbocycles. The van der Waals surface area contributed by atoms with Gasteiger partial charge < -0.3 is 9.05 Å². The zero-order valence-electron chi connectivity index (χ0n) is 13.9. The van der Waals surface area contributed by atoms with Crippen LogP contribution in [0.15, 0.2) is 53.2 Å². The lowest BCUT2D eigenvalue weighted by Gasteiger charge is -2.17. The second-order valence-corrected chi connectivity index (χ2v) is 8.28. The number of benzene rings is 2. The smallest absolute Gasteiger partial charge is 0.309 e. The lowest BCUT2D eigenvalue weighted by molar-refractivity contribution is 0.219. The summed E-state index contributed by atoms with van der Waals surface area (Å²) in [6.07, 6.45) is 0.306. The molecule has 126 valence electrons. The van der Waals surface area contributed by atoms with E-state index in [2.05, 4.69) is 35.7 Å². The van der Waals surface area contributed by atoms with Gasteiger partial charge in [-0.1, -0.05) is 36.4 Å². The fourth-order valence-electron chi connectivity index (χ4n) is 2.79. The fraction of sp³-hybridized carbons (Fsp3) is 0.263. The molecule has 1 heterocycles. The highest BCUT2D eigenvalue weighted by Crippen LogP contribution is 2.52. The minimum atomic E-state index is -3.10. The maximum Gasteiger partial charge on any atom is 0.335 e. The summed E-state index contributed by atoms with van der Waals surface area (Å²) in [4.78, 5) is 0. The van der Waals surface area contributed by atoms with Gasteiger partial charge in [0.15, 0.2) is 0 Å². The Labute approximate surface area is 146 Å². The highest BCUT2D eigenvalue weighted by atomic mass is 32.1. The van der Waals surface area contributed by atoms with Crippen molar-refractivity contribution in [2.75, 3.05) is 13.2 Å². The van der Waals surface area contributed by atoms with E-state index in [4.69, 9.17) is 9.05 Å². The Morgan fingerprint density at radius 1 is 0.958 bits per heavy atom.